The van der Waals surface area contributed by atoms with Gasteiger partial charge in [0, 0.05) is 45.3 Å². The highest BCUT2D eigenvalue weighted by Crippen LogP contribution is 2.21. The van der Waals surface area contributed by atoms with Gasteiger partial charge in [-0.15, -0.1) is 0 Å². The first kappa shape index (κ1) is 18.4. The van der Waals surface area contributed by atoms with E-state index in [1.54, 1.807) is 0 Å². The molecule has 7 nitrogen and oxygen atoms in total. The lowest BCUT2D eigenvalue weighted by atomic mass is 10.1. The van der Waals surface area contributed by atoms with Gasteiger partial charge in [0.05, 0.1) is 17.6 Å². The number of aromatic nitrogens is 2. The van der Waals surface area contributed by atoms with E-state index < -0.39 is 16.1 Å². The van der Waals surface area contributed by atoms with Gasteiger partial charge in [0.25, 0.3) is 0 Å². The zero-order valence-electron chi connectivity index (χ0n) is 14.4. The average Bonchev–Trinajstić information content (AvgIpc) is 2.96. The summed E-state index contributed by atoms with van der Waals surface area (Å²) < 4.78 is 25.2. The van der Waals surface area contributed by atoms with Crippen LogP contribution in [-0.4, -0.2) is 72.0 Å². The van der Waals surface area contributed by atoms with E-state index in [4.69, 9.17) is 0 Å². The first-order valence-electron chi connectivity index (χ1n) is 8.01. The number of nitrogens with one attached hydrogen (secondary N) is 1. The molecule has 0 saturated carbocycles. The molecule has 2 heterocycles. The number of β-amino-alcohol motifs (C(OH)–C–C–N with tert-alkyl or cyclic N) is 1. The molecule has 1 fully saturated rings. The fraction of sp³-hybridized carbons (Fsp3) is 0.800. The number of H-pyrrole nitrogens is 1. The number of nitrogens with zero attached hydrogens (tertiary/aromatic N) is 3. The first-order chi connectivity index (χ1) is 10.7. The summed E-state index contributed by atoms with van der Waals surface area (Å²) in [7, 11) is -0.247. The Hall–Kier alpha value is -0.960. The van der Waals surface area contributed by atoms with Crippen LogP contribution in [0.15, 0.2) is 6.07 Å². The largest absolute Gasteiger partial charge is 0.391 e. The summed E-state index contributed by atoms with van der Waals surface area (Å²) in [6.07, 6.45) is 0.325. The molecule has 0 radical (unpaired) electrons. The van der Waals surface area contributed by atoms with Crippen LogP contribution in [0.1, 0.15) is 25.2 Å². The molecular formula is C15H28N4O3S. The molecule has 2 atom stereocenters. The zero-order chi connectivity index (χ0) is 17.2. The molecule has 1 saturated heterocycles. The van der Waals surface area contributed by atoms with Crippen LogP contribution in [0.2, 0.25) is 0 Å². The van der Waals surface area contributed by atoms with Gasteiger partial charge in [-0.05, 0) is 18.4 Å². The van der Waals surface area contributed by atoms with Crippen molar-refractivity contribution in [1.29, 1.82) is 0 Å². The second-order valence-corrected chi connectivity index (χ2v) is 9.29. The molecular weight excluding hydrogens is 316 g/mol. The van der Waals surface area contributed by atoms with Crippen molar-refractivity contribution < 1.29 is 13.5 Å². The van der Waals surface area contributed by atoms with Crippen molar-refractivity contribution in [2.24, 2.45) is 11.8 Å². The fourth-order valence-corrected chi connectivity index (χ4v) is 4.07. The predicted octanol–water partition coefficient (Wildman–Crippen LogP) is 0.292. The van der Waals surface area contributed by atoms with Crippen LogP contribution >= 0.6 is 0 Å². The summed E-state index contributed by atoms with van der Waals surface area (Å²) in [6.45, 7) is 6.03. The maximum absolute atomic E-state index is 12.0. The Bertz CT molecular complexity index is 612. The highest BCUT2D eigenvalue weighted by atomic mass is 32.2. The quantitative estimate of drug-likeness (QED) is 0.742. The van der Waals surface area contributed by atoms with Crippen LogP contribution < -0.4 is 0 Å². The van der Waals surface area contributed by atoms with Crippen molar-refractivity contribution in [2.45, 2.75) is 32.9 Å². The highest BCUT2D eigenvalue weighted by Gasteiger charge is 2.35. The second kappa shape index (κ2) is 7.29. The molecule has 2 rings (SSSR count). The molecule has 0 bridgehead atoms. The van der Waals surface area contributed by atoms with Gasteiger partial charge in [-0.3, -0.25) is 10.00 Å². The molecule has 0 aromatic carbocycles. The van der Waals surface area contributed by atoms with Crippen LogP contribution in [-0.2, 0) is 23.0 Å². The number of hydrogen-bond donors (Lipinski definition) is 2. The lowest BCUT2D eigenvalue weighted by Crippen LogP contribution is -2.33. The molecule has 1 aromatic heterocycles. The number of likely N-dealkylation sites (tertiary alicyclic amines) is 1. The predicted molar refractivity (Wildman–Crippen MR) is 89.4 cm³/mol. The Morgan fingerprint density at radius 1 is 1.43 bits per heavy atom. The van der Waals surface area contributed by atoms with Gasteiger partial charge in [-0.2, -0.15) is 5.10 Å². The van der Waals surface area contributed by atoms with E-state index in [-0.39, 0.29) is 11.7 Å². The van der Waals surface area contributed by atoms with Crippen LogP contribution in [0.25, 0.3) is 0 Å². The smallest absolute Gasteiger partial charge is 0.214 e. The van der Waals surface area contributed by atoms with Crippen LogP contribution in [0.4, 0.5) is 0 Å². The lowest BCUT2D eigenvalue weighted by Gasteiger charge is -2.17. The van der Waals surface area contributed by atoms with E-state index in [1.807, 2.05) is 0 Å². The molecule has 0 aliphatic carbocycles. The Balaban J connectivity index is 1.92. The summed E-state index contributed by atoms with van der Waals surface area (Å²) in [5.41, 5.74) is 2.05. The summed E-state index contributed by atoms with van der Waals surface area (Å²) in [4.78, 5) is 2.08. The first-order valence-corrected chi connectivity index (χ1v) is 9.62. The number of aliphatic hydroxyl groups is 1. The molecule has 1 aliphatic rings. The van der Waals surface area contributed by atoms with Crippen molar-refractivity contribution in [2.75, 3.05) is 32.9 Å². The van der Waals surface area contributed by atoms with Crippen molar-refractivity contribution in [3.8, 4) is 0 Å². The van der Waals surface area contributed by atoms with E-state index in [0.717, 1.165) is 17.8 Å². The van der Waals surface area contributed by atoms with Crippen LogP contribution in [0.3, 0.4) is 0 Å². The van der Waals surface area contributed by atoms with E-state index in [9.17, 15) is 13.5 Å². The Kier molecular flexibility index (Phi) is 5.83. The molecule has 0 spiro atoms. The maximum Gasteiger partial charge on any atom is 0.214 e. The normalized spacial score (nSPS) is 23.3. The van der Waals surface area contributed by atoms with Gasteiger partial charge in [0.15, 0.2) is 0 Å². The van der Waals surface area contributed by atoms with Crippen LogP contribution in [0.5, 0.6) is 0 Å². The van der Waals surface area contributed by atoms with E-state index in [2.05, 4.69) is 35.0 Å². The van der Waals surface area contributed by atoms with Crippen molar-refractivity contribution >= 4 is 10.0 Å². The summed E-state index contributed by atoms with van der Waals surface area (Å²) >= 11 is 0. The summed E-state index contributed by atoms with van der Waals surface area (Å²) in [6, 6.07) is 2.05. The Morgan fingerprint density at radius 2 is 2.13 bits per heavy atom. The molecule has 1 aromatic rings. The minimum absolute atomic E-state index is 0.0146. The van der Waals surface area contributed by atoms with Gasteiger partial charge in [-0.25, -0.2) is 12.7 Å². The molecule has 8 heteroatoms. The van der Waals surface area contributed by atoms with E-state index >= 15 is 0 Å². The summed E-state index contributed by atoms with van der Waals surface area (Å²) in [5.74, 6) is 0.292. The average molecular weight is 344 g/mol. The molecule has 132 valence electrons. The number of aliphatic hydroxyl groups excluding tert-OH is 1. The van der Waals surface area contributed by atoms with Crippen molar-refractivity contribution in [3.05, 3.63) is 17.5 Å². The van der Waals surface area contributed by atoms with Crippen molar-refractivity contribution in [3.63, 3.8) is 0 Å². The topological polar surface area (TPSA) is 89.5 Å². The fourth-order valence-electron chi connectivity index (χ4n) is 2.91. The lowest BCUT2D eigenvalue weighted by molar-refractivity contribution is 0.148. The minimum atomic E-state index is -3.29. The highest BCUT2D eigenvalue weighted by molar-refractivity contribution is 7.89. The molecule has 0 unspecified atom stereocenters. The second-order valence-electron chi connectivity index (χ2n) is 7.06. The van der Waals surface area contributed by atoms with Gasteiger partial charge < -0.3 is 5.11 Å². The third-order valence-electron chi connectivity index (χ3n) is 4.16. The SMILES string of the molecule is CC(C)Cc1cc(CN2C[C@@H](CS(=O)(=O)N(C)C)[C@H](O)C2)[nH]n1. The monoisotopic (exact) mass is 344 g/mol. The summed E-state index contributed by atoms with van der Waals surface area (Å²) in [5, 5.41) is 17.5. The van der Waals surface area contributed by atoms with E-state index in [1.165, 1.54) is 18.4 Å². The molecule has 1 aliphatic heterocycles. The molecule has 0 amide bonds. The Labute approximate surface area is 138 Å². The Morgan fingerprint density at radius 3 is 2.74 bits per heavy atom. The number of rotatable bonds is 7. The maximum atomic E-state index is 12.0. The van der Waals surface area contributed by atoms with Gasteiger partial charge in [-0.1, -0.05) is 13.8 Å². The third-order valence-corrected chi connectivity index (χ3v) is 6.12. The number of sulfonamides is 1. The third kappa shape index (κ3) is 5.00. The molecule has 2 N–H and O–H groups in total. The van der Waals surface area contributed by atoms with Gasteiger partial charge in [0.2, 0.25) is 10.0 Å². The number of hydrogen-bond acceptors (Lipinski definition) is 5. The minimum Gasteiger partial charge on any atom is -0.391 e. The zero-order valence-corrected chi connectivity index (χ0v) is 15.2. The van der Waals surface area contributed by atoms with Gasteiger partial charge in [0.1, 0.15) is 0 Å². The molecule has 23 heavy (non-hydrogen) atoms. The van der Waals surface area contributed by atoms with Crippen LogP contribution in [0, 0.1) is 11.8 Å². The van der Waals surface area contributed by atoms with E-state index in [0.29, 0.717) is 25.6 Å². The standard InChI is InChI=1S/C15H28N4O3S/c1-11(2)5-13-6-14(17-16-13)8-19-7-12(15(20)9-19)10-23(21,22)18(3)4/h6,11-12,15,20H,5,7-10H2,1-4H3,(H,16,17)/t12-,15+/m0/s1. The van der Waals surface area contributed by atoms with Gasteiger partial charge >= 0.3 is 0 Å². The number of aromatic amines is 1. The van der Waals surface area contributed by atoms with Crippen molar-refractivity contribution in [1.82, 2.24) is 19.4 Å².